The van der Waals surface area contributed by atoms with Crippen molar-refractivity contribution in [2.45, 2.75) is 33.2 Å². The standard InChI is InChI=1S/C12H16FNO/c1-4-9-5-6-10(13)7-11(9)12(15)14-8(2)3/h5-8H,4H2,1-3H3,(H,14,15). The largest absolute Gasteiger partial charge is 0.350 e. The van der Waals surface area contributed by atoms with Crippen LogP contribution in [0.5, 0.6) is 0 Å². The fourth-order valence-electron chi connectivity index (χ4n) is 1.41. The van der Waals surface area contributed by atoms with E-state index in [4.69, 9.17) is 0 Å². The van der Waals surface area contributed by atoms with Gasteiger partial charge in [0, 0.05) is 11.6 Å². The molecule has 0 fully saturated rings. The molecule has 1 amide bonds. The molecule has 0 aliphatic carbocycles. The van der Waals surface area contributed by atoms with Gasteiger partial charge in [0.05, 0.1) is 0 Å². The van der Waals surface area contributed by atoms with Gasteiger partial charge in [-0.3, -0.25) is 4.79 Å². The molecule has 1 rings (SSSR count). The van der Waals surface area contributed by atoms with E-state index >= 15 is 0 Å². The number of halogens is 1. The normalized spacial score (nSPS) is 10.5. The number of hydrogen-bond acceptors (Lipinski definition) is 1. The first kappa shape index (κ1) is 11.7. The van der Waals surface area contributed by atoms with E-state index in [1.54, 1.807) is 6.07 Å². The minimum Gasteiger partial charge on any atom is -0.350 e. The number of amides is 1. The lowest BCUT2D eigenvalue weighted by Crippen LogP contribution is -2.30. The third kappa shape index (κ3) is 3.05. The fourth-order valence-corrected chi connectivity index (χ4v) is 1.41. The Bertz CT molecular complexity index is 361. The average Bonchev–Trinajstić information content (AvgIpc) is 2.16. The number of benzene rings is 1. The van der Waals surface area contributed by atoms with Gasteiger partial charge in [-0.15, -0.1) is 0 Å². The molecule has 1 aromatic carbocycles. The molecule has 0 radical (unpaired) electrons. The lowest BCUT2D eigenvalue weighted by molar-refractivity contribution is 0.0941. The highest BCUT2D eigenvalue weighted by molar-refractivity contribution is 5.95. The summed E-state index contributed by atoms with van der Waals surface area (Å²) in [6.07, 6.45) is 0.723. The molecule has 0 atom stereocenters. The molecule has 0 aromatic heterocycles. The summed E-state index contributed by atoms with van der Waals surface area (Å²) in [7, 11) is 0. The molecule has 15 heavy (non-hydrogen) atoms. The Morgan fingerprint density at radius 3 is 2.67 bits per heavy atom. The van der Waals surface area contributed by atoms with E-state index in [1.807, 2.05) is 20.8 Å². The van der Waals surface area contributed by atoms with Crippen LogP contribution in [0.15, 0.2) is 18.2 Å². The van der Waals surface area contributed by atoms with Crippen molar-refractivity contribution in [3.8, 4) is 0 Å². The molecule has 1 aromatic rings. The molecule has 0 aliphatic rings. The van der Waals surface area contributed by atoms with E-state index in [0.717, 1.165) is 12.0 Å². The van der Waals surface area contributed by atoms with Crippen molar-refractivity contribution in [3.05, 3.63) is 35.1 Å². The zero-order valence-electron chi connectivity index (χ0n) is 9.30. The van der Waals surface area contributed by atoms with Crippen molar-refractivity contribution in [1.29, 1.82) is 0 Å². The van der Waals surface area contributed by atoms with Crippen LogP contribution in [-0.4, -0.2) is 11.9 Å². The minimum atomic E-state index is -0.374. The Kier molecular flexibility index (Phi) is 3.83. The van der Waals surface area contributed by atoms with E-state index in [-0.39, 0.29) is 17.8 Å². The first-order valence-electron chi connectivity index (χ1n) is 5.14. The topological polar surface area (TPSA) is 29.1 Å². The monoisotopic (exact) mass is 209 g/mol. The van der Waals surface area contributed by atoms with E-state index in [2.05, 4.69) is 5.32 Å². The van der Waals surface area contributed by atoms with Gasteiger partial charge in [-0.05, 0) is 38.0 Å². The summed E-state index contributed by atoms with van der Waals surface area (Å²) in [4.78, 5) is 11.7. The van der Waals surface area contributed by atoms with Crippen LogP contribution < -0.4 is 5.32 Å². The number of rotatable bonds is 3. The number of aryl methyl sites for hydroxylation is 1. The van der Waals surface area contributed by atoms with Crippen LogP contribution in [0.25, 0.3) is 0 Å². The zero-order valence-corrected chi connectivity index (χ0v) is 9.30. The second-order valence-electron chi connectivity index (χ2n) is 3.78. The minimum absolute atomic E-state index is 0.0606. The second-order valence-corrected chi connectivity index (χ2v) is 3.78. The van der Waals surface area contributed by atoms with Crippen molar-refractivity contribution in [1.82, 2.24) is 5.32 Å². The van der Waals surface area contributed by atoms with Gasteiger partial charge in [-0.2, -0.15) is 0 Å². The SMILES string of the molecule is CCc1ccc(F)cc1C(=O)NC(C)C. The van der Waals surface area contributed by atoms with E-state index < -0.39 is 0 Å². The Morgan fingerprint density at radius 2 is 2.13 bits per heavy atom. The highest BCUT2D eigenvalue weighted by Crippen LogP contribution is 2.12. The van der Waals surface area contributed by atoms with Gasteiger partial charge in [0.1, 0.15) is 5.82 Å². The molecule has 0 saturated carbocycles. The summed E-state index contributed by atoms with van der Waals surface area (Å²) >= 11 is 0. The van der Waals surface area contributed by atoms with E-state index in [1.165, 1.54) is 12.1 Å². The predicted molar refractivity (Wildman–Crippen MR) is 58.4 cm³/mol. The Morgan fingerprint density at radius 1 is 1.47 bits per heavy atom. The highest BCUT2D eigenvalue weighted by atomic mass is 19.1. The average molecular weight is 209 g/mol. The molecular weight excluding hydrogens is 193 g/mol. The maximum Gasteiger partial charge on any atom is 0.251 e. The Balaban J connectivity index is 3.00. The molecule has 0 unspecified atom stereocenters. The van der Waals surface area contributed by atoms with Gasteiger partial charge in [0.15, 0.2) is 0 Å². The number of hydrogen-bond donors (Lipinski definition) is 1. The second kappa shape index (κ2) is 4.91. The smallest absolute Gasteiger partial charge is 0.251 e. The molecule has 0 aliphatic heterocycles. The maximum atomic E-state index is 13.0. The molecular formula is C12H16FNO. The first-order chi connectivity index (χ1) is 7.04. The third-order valence-electron chi connectivity index (χ3n) is 2.12. The van der Waals surface area contributed by atoms with Gasteiger partial charge >= 0.3 is 0 Å². The quantitative estimate of drug-likeness (QED) is 0.814. The third-order valence-corrected chi connectivity index (χ3v) is 2.12. The van der Waals surface area contributed by atoms with Crippen molar-refractivity contribution in [2.24, 2.45) is 0 Å². The van der Waals surface area contributed by atoms with Gasteiger partial charge < -0.3 is 5.32 Å². The van der Waals surface area contributed by atoms with E-state index in [0.29, 0.717) is 5.56 Å². The van der Waals surface area contributed by atoms with Crippen LogP contribution >= 0.6 is 0 Å². The number of carbonyl (C=O) groups excluding carboxylic acids is 1. The van der Waals surface area contributed by atoms with Gasteiger partial charge in [0.2, 0.25) is 0 Å². The maximum absolute atomic E-state index is 13.0. The van der Waals surface area contributed by atoms with Gasteiger partial charge in [-0.1, -0.05) is 13.0 Å². The summed E-state index contributed by atoms with van der Waals surface area (Å²) in [5, 5.41) is 2.76. The van der Waals surface area contributed by atoms with Crippen LogP contribution in [0.1, 0.15) is 36.7 Å². The molecule has 0 spiro atoms. The number of nitrogens with one attached hydrogen (secondary N) is 1. The molecule has 82 valence electrons. The summed E-state index contributed by atoms with van der Waals surface area (Å²) in [5.41, 5.74) is 1.31. The van der Waals surface area contributed by atoms with Crippen molar-refractivity contribution < 1.29 is 9.18 Å². The zero-order chi connectivity index (χ0) is 11.4. The predicted octanol–water partition coefficient (Wildman–Crippen LogP) is 2.53. The molecule has 0 heterocycles. The highest BCUT2D eigenvalue weighted by Gasteiger charge is 2.11. The summed E-state index contributed by atoms with van der Waals surface area (Å²) in [6.45, 7) is 5.70. The molecule has 3 heteroatoms. The summed E-state index contributed by atoms with van der Waals surface area (Å²) < 4.78 is 13.0. The summed E-state index contributed by atoms with van der Waals surface area (Å²) in [5.74, 6) is -0.581. The lowest BCUT2D eigenvalue weighted by Gasteiger charge is -2.11. The van der Waals surface area contributed by atoms with Crippen molar-refractivity contribution in [2.75, 3.05) is 0 Å². The Hall–Kier alpha value is -1.38. The van der Waals surface area contributed by atoms with Crippen LogP contribution in [-0.2, 0) is 6.42 Å². The van der Waals surface area contributed by atoms with Crippen LogP contribution in [0.3, 0.4) is 0 Å². The van der Waals surface area contributed by atoms with Crippen molar-refractivity contribution >= 4 is 5.91 Å². The Labute approximate surface area is 89.5 Å². The van der Waals surface area contributed by atoms with Gasteiger partial charge in [-0.25, -0.2) is 4.39 Å². The van der Waals surface area contributed by atoms with E-state index in [9.17, 15) is 9.18 Å². The van der Waals surface area contributed by atoms with Crippen LogP contribution in [0, 0.1) is 5.82 Å². The van der Waals surface area contributed by atoms with Crippen LogP contribution in [0.2, 0.25) is 0 Å². The first-order valence-corrected chi connectivity index (χ1v) is 5.14. The fraction of sp³-hybridized carbons (Fsp3) is 0.417. The van der Waals surface area contributed by atoms with Crippen LogP contribution in [0.4, 0.5) is 4.39 Å². The van der Waals surface area contributed by atoms with Gasteiger partial charge in [0.25, 0.3) is 5.91 Å². The molecule has 1 N–H and O–H groups in total. The van der Waals surface area contributed by atoms with Crippen molar-refractivity contribution in [3.63, 3.8) is 0 Å². The number of carbonyl (C=O) groups is 1. The summed E-state index contributed by atoms with van der Waals surface area (Å²) in [6, 6.07) is 4.39. The molecule has 0 bridgehead atoms. The lowest BCUT2D eigenvalue weighted by atomic mass is 10.0. The molecule has 2 nitrogen and oxygen atoms in total. The molecule has 0 saturated heterocycles.